The highest BCUT2D eigenvalue weighted by molar-refractivity contribution is 4.78. The zero-order chi connectivity index (χ0) is 9.68. The molecule has 0 radical (unpaired) electrons. The lowest BCUT2D eigenvalue weighted by atomic mass is 10.0. The van der Waals surface area contributed by atoms with Gasteiger partial charge in [-0.25, -0.2) is 0 Å². The molecule has 1 saturated heterocycles. The van der Waals surface area contributed by atoms with Crippen LogP contribution in [0.15, 0.2) is 0 Å². The number of nitrogens with one attached hydrogen (secondary N) is 1. The lowest BCUT2D eigenvalue weighted by molar-refractivity contribution is 0.188. The van der Waals surface area contributed by atoms with Gasteiger partial charge in [-0.1, -0.05) is 6.92 Å². The zero-order valence-electron chi connectivity index (χ0n) is 8.79. The second-order valence-electron chi connectivity index (χ2n) is 4.03. The van der Waals surface area contributed by atoms with Crippen LogP contribution in [0.5, 0.6) is 0 Å². The highest BCUT2D eigenvalue weighted by Gasteiger charge is 2.18. The molecule has 78 valence electrons. The van der Waals surface area contributed by atoms with Crippen molar-refractivity contribution < 1.29 is 5.11 Å². The molecule has 0 aromatic carbocycles. The van der Waals surface area contributed by atoms with Gasteiger partial charge in [0, 0.05) is 12.1 Å². The van der Waals surface area contributed by atoms with Crippen molar-refractivity contribution in [2.24, 2.45) is 0 Å². The average molecular weight is 186 g/mol. The molecule has 0 aliphatic carbocycles. The smallest absolute Gasteiger partial charge is 0.0584 e. The zero-order valence-corrected chi connectivity index (χ0v) is 8.79. The minimum Gasteiger partial charge on any atom is -0.395 e. The third-order valence-corrected chi connectivity index (χ3v) is 2.90. The van der Waals surface area contributed by atoms with Gasteiger partial charge in [0.05, 0.1) is 6.61 Å². The second kappa shape index (κ2) is 5.58. The Balaban J connectivity index is 2.21. The Morgan fingerprint density at radius 1 is 1.46 bits per heavy atom. The summed E-state index contributed by atoms with van der Waals surface area (Å²) in [4.78, 5) is 2.36. The molecule has 0 aromatic heterocycles. The van der Waals surface area contributed by atoms with Gasteiger partial charge >= 0.3 is 0 Å². The SMILES string of the molecule is CC[C@@H](CO)NC1CCN(C)CC1. The van der Waals surface area contributed by atoms with E-state index in [0.29, 0.717) is 12.1 Å². The van der Waals surface area contributed by atoms with Crippen molar-refractivity contribution in [3.8, 4) is 0 Å². The molecule has 1 heterocycles. The van der Waals surface area contributed by atoms with Crippen molar-refractivity contribution >= 4 is 0 Å². The third kappa shape index (κ3) is 3.63. The van der Waals surface area contributed by atoms with Crippen LogP contribution in [-0.4, -0.2) is 48.8 Å². The van der Waals surface area contributed by atoms with Gasteiger partial charge in [0.25, 0.3) is 0 Å². The van der Waals surface area contributed by atoms with Crippen molar-refractivity contribution in [1.82, 2.24) is 10.2 Å². The third-order valence-electron chi connectivity index (χ3n) is 2.90. The van der Waals surface area contributed by atoms with Crippen molar-refractivity contribution in [3.63, 3.8) is 0 Å². The molecule has 1 rings (SSSR count). The van der Waals surface area contributed by atoms with Gasteiger partial charge in [-0.05, 0) is 39.4 Å². The molecule has 0 aromatic rings. The summed E-state index contributed by atoms with van der Waals surface area (Å²) in [5.74, 6) is 0. The predicted octanol–water partition coefficient (Wildman–Crippen LogP) is 0.441. The molecule has 0 saturated carbocycles. The molecule has 0 spiro atoms. The number of aliphatic hydroxyl groups excluding tert-OH is 1. The topological polar surface area (TPSA) is 35.5 Å². The fraction of sp³-hybridized carbons (Fsp3) is 1.00. The Morgan fingerprint density at radius 3 is 2.54 bits per heavy atom. The maximum Gasteiger partial charge on any atom is 0.0584 e. The molecular formula is C10H22N2O. The summed E-state index contributed by atoms with van der Waals surface area (Å²) < 4.78 is 0. The summed E-state index contributed by atoms with van der Waals surface area (Å²) >= 11 is 0. The Kier molecular flexibility index (Phi) is 4.70. The van der Waals surface area contributed by atoms with Crippen LogP contribution in [0, 0.1) is 0 Å². The van der Waals surface area contributed by atoms with Crippen LogP contribution in [0.1, 0.15) is 26.2 Å². The van der Waals surface area contributed by atoms with Gasteiger partial charge in [-0.15, -0.1) is 0 Å². The molecule has 0 bridgehead atoms. The summed E-state index contributed by atoms with van der Waals surface area (Å²) in [7, 11) is 2.17. The van der Waals surface area contributed by atoms with Crippen LogP contribution in [-0.2, 0) is 0 Å². The number of rotatable bonds is 4. The second-order valence-corrected chi connectivity index (χ2v) is 4.03. The van der Waals surface area contributed by atoms with Crippen LogP contribution in [0.25, 0.3) is 0 Å². The van der Waals surface area contributed by atoms with E-state index in [1.54, 1.807) is 0 Å². The number of aliphatic hydroxyl groups is 1. The number of likely N-dealkylation sites (tertiary alicyclic amines) is 1. The lowest BCUT2D eigenvalue weighted by Crippen LogP contribution is -2.46. The highest BCUT2D eigenvalue weighted by Crippen LogP contribution is 2.09. The maximum absolute atomic E-state index is 9.04. The normalized spacial score (nSPS) is 23.3. The van der Waals surface area contributed by atoms with Crippen LogP contribution in [0.4, 0.5) is 0 Å². The molecule has 0 amide bonds. The molecule has 1 atom stereocenters. The van der Waals surface area contributed by atoms with Gasteiger partial charge in [-0.3, -0.25) is 0 Å². The molecule has 1 aliphatic heterocycles. The number of hydrogen-bond acceptors (Lipinski definition) is 3. The maximum atomic E-state index is 9.04. The fourth-order valence-electron chi connectivity index (χ4n) is 1.81. The van der Waals surface area contributed by atoms with E-state index in [2.05, 4.69) is 24.2 Å². The van der Waals surface area contributed by atoms with E-state index in [9.17, 15) is 0 Å². The Labute approximate surface area is 81.1 Å². The van der Waals surface area contributed by atoms with Crippen molar-refractivity contribution in [3.05, 3.63) is 0 Å². The van der Waals surface area contributed by atoms with Gasteiger partial charge < -0.3 is 15.3 Å². The van der Waals surface area contributed by atoms with E-state index in [4.69, 9.17) is 5.11 Å². The summed E-state index contributed by atoms with van der Waals surface area (Å²) in [5, 5.41) is 12.5. The molecule has 3 heteroatoms. The summed E-state index contributed by atoms with van der Waals surface area (Å²) in [6.07, 6.45) is 3.45. The first kappa shape index (κ1) is 11.0. The summed E-state index contributed by atoms with van der Waals surface area (Å²) in [5.41, 5.74) is 0. The first-order valence-electron chi connectivity index (χ1n) is 5.31. The Bertz CT molecular complexity index is 129. The highest BCUT2D eigenvalue weighted by atomic mass is 16.3. The average Bonchev–Trinajstić information content (AvgIpc) is 2.17. The van der Waals surface area contributed by atoms with E-state index >= 15 is 0 Å². The van der Waals surface area contributed by atoms with Crippen molar-refractivity contribution in [1.29, 1.82) is 0 Å². The van der Waals surface area contributed by atoms with E-state index in [0.717, 1.165) is 6.42 Å². The lowest BCUT2D eigenvalue weighted by Gasteiger charge is -2.31. The monoisotopic (exact) mass is 186 g/mol. The Hall–Kier alpha value is -0.120. The number of piperidine rings is 1. The molecule has 3 nitrogen and oxygen atoms in total. The number of hydrogen-bond donors (Lipinski definition) is 2. The number of nitrogens with zero attached hydrogens (tertiary/aromatic N) is 1. The van der Waals surface area contributed by atoms with Crippen molar-refractivity contribution in [2.45, 2.75) is 38.3 Å². The molecular weight excluding hydrogens is 164 g/mol. The fourth-order valence-corrected chi connectivity index (χ4v) is 1.81. The van der Waals surface area contributed by atoms with E-state index in [-0.39, 0.29) is 6.61 Å². The van der Waals surface area contributed by atoms with Gasteiger partial charge in [0.1, 0.15) is 0 Å². The quantitative estimate of drug-likeness (QED) is 0.669. The van der Waals surface area contributed by atoms with E-state index < -0.39 is 0 Å². The molecule has 2 N–H and O–H groups in total. The first-order chi connectivity index (χ1) is 6.26. The molecule has 1 fully saturated rings. The van der Waals surface area contributed by atoms with Crippen LogP contribution in [0.3, 0.4) is 0 Å². The summed E-state index contributed by atoms with van der Waals surface area (Å²) in [6, 6.07) is 0.918. The van der Waals surface area contributed by atoms with Crippen LogP contribution >= 0.6 is 0 Å². The predicted molar refractivity (Wildman–Crippen MR) is 54.8 cm³/mol. The largest absolute Gasteiger partial charge is 0.395 e. The van der Waals surface area contributed by atoms with Gasteiger partial charge in [-0.2, -0.15) is 0 Å². The summed E-state index contributed by atoms with van der Waals surface area (Å²) in [6.45, 7) is 4.74. The van der Waals surface area contributed by atoms with Crippen molar-refractivity contribution in [2.75, 3.05) is 26.7 Å². The minimum atomic E-state index is 0.267. The Morgan fingerprint density at radius 2 is 2.08 bits per heavy atom. The van der Waals surface area contributed by atoms with Crippen LogP contribution < -0.4 is 5.32 Å². The molecule has 13 heavy (non-hydrogen) atoms. The van der Waals surface area contributed by atoms with E-state index in [1.807, 2.05) is 0 Å². The standard InChI is InChI=1S/C10H22N2O/c1-3-9(8-13)11-10-4-6-12(2)7-5-10/h9-11,13H,3-8H2,1-2H3/t9-/m0/s1. The molecule has 1 aliphatic rings. The first-order valence-corrected chi connectivity index (χ1v) is 5.31. The van der Waals surface area contributed by atoms with Gasteiger partial charge in [0.15, 0.2) is 0 Å². The minimum absolute atomic E-state index is 0.267. The van der Waals surface area contributed by atoms with Crippen LogP contribution in [0.2, 0.25) is 0 Å². The van der Waals surface area contributed by atoms with Gasteiger partial charge in [0.2, 0.25) is 0 Å². The van der Waals surface area contributed by atoms with E-state index in [1.165, 1.54) is 25.9 Å². The molecule has 0 unspecified atom stereocenters.